The Balaban J connectivity index is 1.78. The third kappa shape index (κ3) is 6.63. The number of hydrazone groups is 1. The number of rotatable bonds is 7. The maximum atomic E-state index is 11.8. The molecule has 1 N–H and O–H groups in total. The lowest BCUT2D eigenvalue weighted by atomic mass is 10.0. The fourth-order valence-electron chi connectivity index (χ4n) is 2.10. The third-order valence-corrected chi connectivity index (χ3v) is 3.59. The van der Waals surface area contributed by atoms with Crippen molar-refractivity contribution >= 4 is 17.7 Å². The van der Waals surface area contributed by atoms with Crippen molar-refractivity contribution in [3.8, 4) is 5.75 Å². The van der Waals surface area contributed by atoms with Gasteiger partial charge in [0.15, 0.2) is 6.61 Å². The van der Waals surface area contributed by atoms with E-state index in [1.165, 1.54) is 5.56 Å². The second-order valence-electron chi connectivity index (χ2n) is 6.04. The molecule has 4 nitrogen and oxygen atoms in total. The molecular formula is C21H24N2O2. The van der Waals surface area contributed by atoms with Crippen molar-refractivity contribution in [2.75, 3.05) is 6.61 Å². The normalized spacial score (nSPS) is 11.8. The summed E-state index contributed by atoms with van der Waals surface area (Å²) in [5.74, 6) is 0.850. The minimum atomic E-state index is -0.291. The lowest BCUT2D eigenvalue weighted by Gasteiger charge is -2.08. The number of nitrogens with one attached hydrogen (secondary N) is 1. The van der Waals surface area contributed by atoms with Crippen LogP contribution in [-0.2, 0) is 4.79 Å². The number of carbonyl (C=O) groups is 1. The van der Waals surface area contributed by atoms with Gasteiger partial charge in [-0.05, 0) is 42.2 Å². The Bertz CT molecular complexity index is 732. The second-order valence-corrected chi connectivity index (χ2v) is 6.04. The van der Waals surface area contributed by atoms with Crippen molar-refractivity contribution in [3.05, 3.63) is 71.8 Å². The van der Waals surface area contributed by atoms with Crippen LogP contribution in [-0.4, -0.2) is 18.2 Å². The number of amides is 1. The van der Waals surface area contributed by atoms with Gasteiger partial charge in [-0.3, -0.25) is 4.79 Å². The second kappa shape index (κ2) is 9.42. The molecule has 2 aromatic rings. The number of allylic oxidation sites excluding steroid dienone is 1. The zero-order valence-electron chi connectivity index (χ0n) is 14.9. The van der Waals surface area contributed by atoms with Crippen molar-refractivity contribution in [2.45, 2.75) is 26.7 Å². The topological polar surface area (TPSA) is 50.7 Å². The Kier molecular flexibility index (Phi) is 6.96. The van der Waals surface area contributed by atoms with Crippen LogP contribution in [0.5, 0.6) is 5.75 Å². The number of benzene rings is 2. The summed E-state index contributed by atoms with van der Waals surface area (Å²) >= 11 is 0. The maximum absolute atomic E-state index is 11.8. The quantitative estimate of drug-likeness (QED) is 0.602. The van der Waals surface area contributed by atoms with Crippen LogP contribution in [0.4, 0.5) is 0 Å². The summed E-state index contributed by atoms with van der Waals surface area (Å²) in [6, 6.07) is 17.7. The first kappa shape index (κ1) is 18.5. The van der Waals surface area contributed by atoms with Gasteiger partial charge in [-0.15, -0.1) is 0 Å². The molecule has 1 amide bonds. The predicted octanol–water partition coefficient (Wildman–Crippen LogP) is 4.39. The van der Waals surface area contributed by atoms with Crippen LogP contribution in [0, 0.1) is 0 Å². The Labute approximate surface area is 149 Å². The average Bonchev–Trinajstić information content (AvgIpc) is 2.64. The van der Waals surface area contributed by atoms with Gasteiger partial charge in [-0.2, -0.15) is 5.10 Å². The highest BCUT2D eigenvalue weighted by atomic mass is 16.5. The van der Waals surface area contributed by atoms with Crippen LogP contribution in [0.1, 0.15) is 37.8 Å². The van der Waals surface area contributed by atoms with Crippen LogP contribution < -0.4 is 10.2 Å². The van der Waals surface area contributed by atoms with E-state index in [1.54, 1.807) is 0 Å². The predicted molar refractivity (Wildman–Crippen MR) is 103 cm³/mol. The van der Waals surface area contributed by atoms with E-state index in [0.717, 1.165) is 5.56 Å². The molecule has 0 aliphatic heterocycles. The van der Waals surface area contributed by atoms with Crippen molar-refractivity contribution in [1.29, 1.82) is 0 Å². The van der Waals surface area contributed by atoms with Crippen molar-refractivity contribution in [2.24, 2.45) is 5.10 Å². The summed E-state index contributed by atoms with van der Waals surface area (Å²) < 4.78 is 5.46. The largest absolute Gasteiger partial charge is 0.484 e. The molecule has 2 aromatic carbocycles. The zero-order valence-corrected chi connectivity index (χ0v) is 14.9. The van der Waals surface area contributed by atoms with Crippen LogP contribution in [0.2, 0.25) is 0 Å². The molecule has 0 saturated heterocycles. The lowest BCUT2D eigenvalue weighted by molar-refractivity contribution is -0.123. The minimum Gasteiger partial charge on any atom is -0.484 e. The van der Waals surface area contributed by atoms with E-state index in [1.807, 2.05) is 73.7 Å². The summed E-state index contributed by atoms with van der Waals surface area (Å²) in [5.41, 5.74) is 5.52. The van der Waals surface area contributed by atoms with E-state index in [4.69, 9.17) is 4.74 Å². The van der Waals surface area contributed by atoms with Gasteiger partial charge in [0.25, 0.3) is 5.91 Å². The number of hydrogen-bond acceptors (Lipinski definition) is 3. The molecule has 0 unspecified atom stereocenters. The minimum absolute atomic E-state index is 0.0692. The lowest BCUT2D eigenvalue weighted by Crippen LogP contribution is -2.25. The van der Waals surface area contributed by atoms with Crippen molar-refractivity contribution in [1.82, 2.24) is 5.43 Å². The molecule has 0 atom stereocenters. The summed E-state index contributed by atoms with van der Waals surface area (Å²) in [7, 11) is 0. The molecule has 0 fully saturated rings. The first-order chi connectivity index (χ1) is 12.0. The Hall–Kier alpha value is -2.88. The molecule has 0 saturated carbocycles. The van der Waals surface area contributed by atoms with E-state index >= 15 is 0 Å². The van der Waals surface area contributed by atoms with Crippen LogP contribution >= 0.6 is 0 Å². The highest BCUT2D eigenvalue weighted by Gasteiger charge is 2.03. The standard InChI is InChI=1S/C21H24N2O2/c1-16(2)19-11-13-20(14-12-19)25-15-21(24)23-22-17(3)9-10-18-7-5-4-6-8-18/h4-14,16H,15H2,1-3H3,(H,23,24). The van der Waals surface area contributed by atoms with E-state index in [9.17, 15) is 4.79 Å². The number of hydrogen-bond donors (Lipinski definition) is 1. The number of nitrogens with zero attached hydrogens (tertiary/aromatic N) is 1. The Morgan fingerprint density at radius 3 is 2.44 bits per heavy atom. The molecular weight excluding hydrogens is 312 g/mol. The maximum Gasteiger partial charge on any atom is 0.277 e. The third-order valence-electron chi connectivity index (χ3n) is 3.59. The van der Waals surface area contributed by atoms with E-state index in [2.05, 4.69) is 24.4 Å². The van der Waals surface area contributed by atoms with Gasteiger partial charge >= 0.3 is 0 Å². The number of carbonyl (C=O) groups excluding carboxylic acids is 1. The SMILES string of the molecule is CC(C=Cc1ccccc1)=NNC(=O)COc1ccc(C(C)C)cc1. The molecule has 0 aliphatic carbocycles. The average molecular weight is 336 g/mol. The van der Waals surface area contributed by atoms with Crippen molar-refractivity contribution in [3.63, 3.8) is 0 Å². The molecule has 0 aromatic heterocycles. The molecule has 0 radical (unpaired) electrons. The molecule has 2 rings (SSSR count). The zero-order chi connectivity index (χ0) is 18.1. The summed E-state index contributed by atoms with van der Waals surface area (Å²) in [5, 5.41) is 4.04. The fourth-order valence-corrected chi connectivity index (χ4v) is 2.10. The Morgan fingerprint density at radius 2 is 1.80 bits per heavy atom. The van der Waals surface area contributed by atoms with Crippen LogP contribution in [0.3, 0.4) is 0 Å². The summed E-state index contributed by atoms with van der Waals surface area (Å²) in [4.78, 5) is 11.8. The first-order valence-corrected chi connectivity index (χ1v) is 8.33. The Morgan fingerprint density at radius 1 is 1.12 bits per heavy atom. The monoisotopic (exact) mass is 336 g/mol. The van der Waals surface area contributed by atoms with Gasteiger partial charge in [0.05, 0.1) is 5.71 Å². The van der Waals surface area contributed by atoms with Crippen molar-refractivity contribution < 1.29 is 9.53 Å². The van der Waals surface area contributed by atoms with Gasteiger partial charge in [0, 0.05) is 0 Å². The van der Waals surface area contributed by atoms with E-state index in [0.29, 0.717) is 17.4 Å². The molecule has 130 valence electrons. The van der Waals surface area contributed by atoms with Gasteiger partial charge < -0.3 is 4.74 Å². The van der Waals surface area contributed by atoms with Gasteiger partial charge in [-0.1, -0.05) is 62.4 Å². The molecule has 0 heterocycles. The molecule has 0 bridgehead atoms. The van der Waals surface area contributed by atoms with Crippen LogP contribution in [0.15, 0.2) is 65.8 Å². The van der Waals surface area contributed by atoms with Crippen LogP contribution in [0.25, 0.3) is 6.08 Å². The smallest absolute Gasteiger partial charge is 0.277 e. The summed E-state index contributed by atoms with van der Waals surface area (Å²) in [6.45, 7) is 6.02. The van der Waals surface area contributed by atoms with E-state index in [-0.39, 0.29) is 12.5 Å². The van der Waals surface area contributed by atoms with Gasteiger partial charge in [0.1, 0.15) is 5.75 Å². The highest BCUT2D eigenvalue weighted by Crippen LogP contribution is 2.18. The summed E-state index contributed by atoms with van der Waals surface area (Å²) in [6.07, 6.45) is 3.79. The molecule has 4 heteroatoms. The fraction of sp³-hybridized carbons (Fsp3) is 0.238. The van der Waals surface area contributed by atoms with Gasteiger partial charge in [0.2, 0.25) is 0 Å². The van der Waals surface area contributed by atoms with Gasteiger partial charge in [-0.25, -0.2) is 5.43 Å². The molecule has 0 spiro atoms. The first-order valence-electron chi connectivity index (χ1n) is 8.33. The number of ether oxygens (including phenoxy) is 1. The molecule has 25 heavy (non-hydrogen) atoms. The molecule has 0 aliphatic rings. The van der Waals surface area contributed by atoms with E-state index < -0.39 is 0 Å². The highest BCUT2D eigenvalue weighted by molar-refractivity contribution is 5.97.